The van der Waals surface area contributed by atoms with Crippen LogP contribution in [0.1, 0.15) is 16.1 Å². The third kappa shape index (κ3) is 4.31. The van der Waals surface area contributed by atoms with Crippen molar-refractivity contribution < 1.29 is 22.7 Å². The van der Waals surface area contributed by atoms with Gasteiger partial charge in [-0.15, -0.1) is 0 Å². The van der Waals surface area contributed by atoms with Gasteiger partial charge >= 0.3 is 6.18 Å². The van der Waals surface area contributed by atoms with E-state index in [0.29, 0.717) is 5.69 Å². The second-order valence-corrected chi connectivity index (χ2v) is 6.41. The third-order valence-electron chi connectivity index (χ3n) is 3.67. The van der Waals surface area contributed by atoms with E-state index in [9.17, 15) is 18.0 Å². The average molecular weight is 431 g/mol. The summed E-state index contributed by atoms with van der Waals surface area (Å²) < 4.78 is 46.2. The van der Waals surface area contributed by atoms with Crippen LogP contribution in [0.15, 0.2) is 34.9 Å². The molecule has 2 aromatic rings. The third-order valence-corrected chi connectivity index (χ3v) is 4.16. The number of nitrogens with zero attached hydrogens (tertiary/aromatic N) is 3. The molecule has 1 aliphatic rings. The molecule has 3 rings (SSSR count). The fourth-order valence-corrected chi connectivity index (χ4v) is 2.85. The number of hydrogen-bond acceptors (Lipinski definition) is 5. The van der Waals surface area contributed by atoms with Gasteiger partial charge in [0, 0.05) is 29.4 Å². The predicted molar refractivity (Wildman–Crippen MR) is 91.2 cm³/mol. The maximum Gasteiger partial charge on any atom is 0.434 e. The van der Waals surface area contributed by atoms with Gasteiger partial charge < -0.3 is 15.0 Å². The first kappa shape index (κ1) is 18.6. The number of carbonyl (C=O) groups excluding carboxylic acids is 1. The number of rotatable bonds is 3. The van der Waals surface area contributed by atoms with Crippen molar-refractivity contribution in [3.63, 3.8) is 0 Å². The molecular weight excluding hydrogens is 417 g/mol. The lowest BCUT2D eigenvalue weighted by Gasteiger charge is -2.27. The maximum atomic E-state index is 13.4. The summed E-state index contributed by atoms with van der Waals surface area (Å²) in [4.78, 5) is 21.2. The van der Waals surface area contributed by atoms with Crippen LogP contribution in [0.25, 0.3) is 0 Å². The number of anilines is 2. The van der Waals surface area contributed by atoms with Crippen molar-refractivity contribution in [3.05, 3.63) is 46.2 Å². The van der Waals surface area contributed by atoms with Crippen LogP contribution in [0.3, 0.4) is 0 Å². The fraction of sp³-hybridized carbons (Fsp3) is 0.312. The number of benzene rings is 1. The first-order valence-corrected chi connectivity index (χ1v) is 8.48. The number of ether oxygens (including phenoxy) is 1. The van der Waals surface area contributed by atoms with Gasteiger partial charge in [0.1, 0.15) is 0 Å². The van der Waals surface area contributed by atoms with E-state index in [-0.39, 0.29) is 32.3 Å². The normalized spacial score (nSPS) is 15.0. The molecule has 1 N–H and O–H groups in total. The molecule has 0 saturated carbocycles. The number of carbonyl (C=O) groups is 1. The summed E-state index contributed by atoms with van der Waals surface area (Å²) in [6.45, 7) is 1.04. The topological polar surface area (TPSA) is 67.4 Å². The number of nitrogens with one attached hydrogen (secondary N) is 1. The lowest BCUT2D eigenvalue weighted by Crippen LogP contribution is -2.41. The lowest BCUT2D eigenvalue weighted by molar-refractivity contribution is -0.141. The molecule has 1 amide bonds. The molecule has 1 fully saturated rings. The Balaban J connectivity index is 1.92. The van der Waals surface area contributed by atoms with Gasteiger partial charge in [0.15, 0.2) is 5.69 Å². The zero-order valence-electron chi connectivity index (χ0n) is 13.4. The van der Waals surface area contributed by atoms with Gasteiger partial charge in [0.05, 0.1) is 18.8 Å². The Labute approximate surface area is 155 Å². The highest BCUT2D eigenvalue weighted by atomic mass is 79.9. The SMILES string of the molecule is O=C(c1cnc(Nc2cccc(Br)c2)nc1C(F)(F)F)N1CCOCC1. The molecule has 0 atom stereocenters. The van der Waals surface area contributed by atoms with E-state index in [1.54, 1.807) is 24.3 Å². The number of alkyl halides is 3. The molecule has 1 saturated heterocycles. The molecular formula is C16H14BrF3N4O2. The minimum Gasteiger partial charge on any atom is -0.378 e. The average Bonchev–Trinajstić information content (AvgIpc) is 2.61. The molecule has 0 unspecified atom stereocenters. The van der Waals surface area contributed by atoms with E-state index in [2.05, 4.69) is 31.2 Å². The summed E-state index contributed by atoms with van der Waals surface area (Å²) in [5.74, 6) is -0.997. The van der Waals surface area contributed by atoms with Gasteiger partial charge in [-0.3, -0.25) is 4.79 Å². The molecule has 138 valence electrons. The highest BCUT2D eigenvalue weighted by Crippen LogP contribution is 2.32. The van der Waals surface area contributed by atoms with Crippen LogP contribution in [0.4, 0.5) is 24.8 Å². The van der Waals surface area contributed by atoms with E-state index in [4.69, 9.17) is 4.74 Å². The second-order valence-electron chi connectivity index (χ2n) is 5.49. The summed E-state index contributed by atoms with van der Waals surface area (Å²) >= 11 is 3.28. The molecule has 0 aliphatic carbocycles. The number of aromatic nitrogens is 2. The fourth-order valence-electron chi connectivity index (χ4n) is 2.45. The number of amides is 1. The standard InChI is InChI=1S/C16H14BrF3N4O2/c17-10-2-1-3-11(8-10)22-15-21-9-12(13(23-15)16(18,19)20)14(25)24-4-6-26-7-5-24/h1-3,8-9H,4-7H2,(H,21,22,23). The first-order chi connectivity index (χ1) is 12.3. The van der Waals surface area contributed by atoms with Gasteiger partial charge in [-0.2, -0.15) is 13.2 Å². The van der Waals surface area contributed by atoms with E-state index in [1.807, 2.05) is 0 Å². The van der Waals surface area contributed by atoms with Crippen LogP contribution in [-0.4, -0.2) is 47.1 Å². The largest absolute Gasteiger partial charge is 0.434 e. The Morgan fingerprint density at radius 2 is 2.00 bits per heavy atom. The van der Waals surface area contributed by atoms with Crippen LogP contribution >= 0.6 is 15.9 Å². The summed E-state index contributed by atoms with van der Waals surface area (Å²) in [6.07, 6.45) is -3.87. The van der Waals surface area contributed by atoms with Crippen molar-refractivity contribution in [2.75, 3.05) is 31.6 Å². The quantitative estimate of drug-likeness (QED) is 0.807. The Morgan fingerprint density at radius 1 is 1.27 bits per heavy atom. The van der Waals surface area contributed by atoms with Crippen LogP contribution in [-0.2, 0) is 10.9 Å². The van der Waals surface area contributed by atoms with Crippen molar-refractivity contribution in [3.8, 4) is 0 Å². The minimum absolute atomic E-state index is 0.230. The van der Waals surface area contributed by atoms with E-state index >= 15 is 0 Å². The zero-order valence-corrected chi connectivity index (χ0v) is 15.0. The van der Waals surface area contributed by atoms with Crippen LogP contribution in [0.2, 0.25) is 0 Å². The van der Waals surface area contributed by atoms with Gasteiger partial charge in [-0.05, 0) is 18.2 Å². The Bertz CT molecular complexity index is 810. The second kappa shape index (κ2) is 7.58. The number of morpholine rings is 1. The summed E-state index contributed by atoms with van der Waals surface area (Å²) in [7, 11) is 0. The van der Waals surface area contributed by atoms with Gasteiger partial charge in [0.2, 0.25) is 5.95 Å². The minimum atomic E-state index is -4.78. The lowest BCUT2D eigenvalue weighted by atomic mass is 10.2. The predicted octanol–water partition coefficient (Wildman–Crippen LogP) is 3.47. The van der Waals surface area contributed by atoms with Crippen molar-refractivity contribution in [2.24, 2.45) is 0 Å². The molecule has 1 aromatic carbocycles. The molecule has 0 radical (unpaired) electrons. The van der Waals surface area contributed by atoms with Gasteiger partial charge in [-0.25, -0.2) is 9.97 Å². The van der Waals surface area contributed by atoms with Crippen LogP contribution in [0, 0.1) is 0 Å². The van der Waals surface area contributed by atoms with Gasteiger partial charge in [-0.1, -0.05) is 22.0 Å². The molecule has 1 aliphatic heterocycles. The number of halogens is 4. The van der Waals surface area contributed by atoms with Crippen molar-refractivity contribution in [1.82, 2.24) is 14.9 Å². The first-order valence-electron chi connectivity index (χ1n) is 7.68. The van der Waals surface area contributed by atoms with E-state index in [0.717, 1.165) is 10.7 Å². The molecule has 0 spiro atoms. The Morgan fingerprint density at radius 3 is 2.65 bits per heavy atom. The molecule has 2 heterocycles. The number of hydrogen-bond donors (Lipinski definition) is 1. The highest BCUT2D eigenvalue weighted by Gasteiger charge is 2.39. The summed E-state index contributed by atoms with van der Waals surface area (Å²) in [6, 6.07) is 6.82. The van der Waals surface area contributed by atoms with Crippen molar-refractivity contribution in [1.29, 1.82) is 0 Å². The van der Waals surface area contributed by atoms with Crippen molar-refractivity contribution >= 4 is 33.5 Å². The highest BCUT2D eigenvalue weighted by molar-refractivity contribution is 9.10. The Kier molecular flexibility index (Phi) is 5.42. The summed E-state index contributed by atoms with van der Waals surface area (Å²) in [5.41, 5.74) is -1.32. The van der Waals surface area contributed by atoms with E-state index in [1.165, 1.54) is 4.90 Å². The molecule has 6 nitrogen and oxygen atoms in total. The molecule has 0 bridgehead atoms. The van der Waals surface area contributed by atoms with Crippen LogP contribution in [0.5, 0.6) is 0 Å². The van der Waals surface area contributed by atoms with E-state index < -0.39 is 23.3 Å². The molecule has 26 heavy (non-hydrogen) atoms. The molecule has 10 heteroatoms. The summed E-state index contributed by atoms with van der Waals surface area (Å²) in [5, 5.41) is 2.71. The zero-order chi connectivity index (χ0) is 18.7. The maximum absolute atomic E-state index is 13.4. The van der Waals surface area contributed by atoms with Crippen molar-refractivity contribution in [2.45, 2.75) is 6.18 Å². The molecule has 1 aromatic heterocycles. The smallest absolute Gasteiger partial charge is 0.378 e. The van der Waals surface area contributed by atoms with Crippen LogP contribution < -0.4 is 5.32 Å². The Hall–Kier alpha value is -2.20. The monoisotopic (exact) mass is 430 g/mol. The van der Waals surface area contributed by atoms with Gasteiger partial charge in [0.25, 0.3) is 5.91 Å².